The first-order valence-electron chi connectivity index (χ1n) is 7.43. The normalized spacial score (nSPS) is 12.0. The van der Waals surface area contributed by atoms with Crippen LogP contribution in [0.4, 0.5) is 5.69 Å². The van der Waals surface area contributed by atoms with Crippen LogP contribution in [-0.4, -0.2) is 21.2 Å². The quantitative estimate of drug-likeness (QED) is 0.890. The number of fused-ring (bicyclic) bond motifs is 1. The van der Waals surface area contributed by atoms with Crippen molar-refractivity contribution >= 4 is 33.1 Å². The van der Waals surface area contributed by atoms with Crippen LogP contribution >= 0.6 is 11.3 Å². The summed E-state index contributed by atoms with van der Waals surface area (Å²) < 4.78 is 1.79. The molecule has 3 N–H and O–H groups in total. The Morgan fingerprint density at radius 1 is 1.33 bits per heavy atom. The lowest BCUT2D eigenvalue weighted by molar-refractivity contribution is 0.0893. The van der Waals surface area contributed by atoms with Crippen LogP contribution in [0, 0.1) is 6.92 Å². The zero-order valence-corrected chi connectivity index (χ0v) is 14.2. The van der Waals surface area contributed by atoms with Gasteiger partial charge in [0, 0.05) is 12.6 Å². The lowest BCUT2D eigenvalue weighted by Gasteiger charge is -2.31. The SMILES string of the molecule is CCC(CC)(CC)NC(=O)c1sc2c(c(C)nn2C)c1N. The molecule has 0 saturated heterocycles. The molecule has 0 radical (unpaired) electrons. The van der Waals surface area contributed by atoms with Crippen molar-refractivity contribution in [2.75, 3.05) is 5.73 Å². The molecule has 0 fully saturated rings. The van der Waals surface area contributed by atoms with Crippen molar-refractivity contribution in [1.82, 2.24) is 15.1 Å². The monoisotopic (exact) mass is 308 g/mol. The highest BCUT2D eigenvalue weighted by Gasteiger charge is 2.29. The maximum absolute atomic E-state index is 12.6. The molecule has 0 unspecified atom stereocenters. The molecule has 5 nitrogen and oxygen atoms in total. The second-order valence-corrected chi connectivity index (χ2v) is 6.53. The number of anilines is 1. The Morgan fingerprint density at radius 2 is 1.90 bits per heavy atom. The molecule has 2 aromatic heterocycles. The van der Waals surface area contributed by atoms with Gasteiger partial charge in [0.1, 0.15) is 9.71 Å². The number of nitrogens with one attached hydrogen (secondary N) is 1. The number of rotatable bonds is 5. The topological polar surface area (TPSA) is 72.9 Å². The van der Waals surface area contributed by atoms with E-state index in [1.54, 1.807) is 4.68 Å². The van der Waals surface area contributed by atoms with E-state index in [1.165, 1.54) is 11.3 Å². The minimum Gasteiger partial charge on any atom is -0.397 e. The summed E-state index contributed by atoms with van der Waals surface area (Å²) in [7, 11) is 1.88. The highest BCUT2D eigenvalue weighted by molar-refractivity contribution is 7.21. The van der Waals surface area contributed by atoms with E-state index in [0.717, 1.165) is 35.2 Å². The van der Waals surface area contributed by atoms with Crippen LogP contribution in [0.1, 0.15) is 55.4 Å². The summed E-state index contributed by atoms with van der Waals surface area (Å²) in [5.41, 5.74) is 7.47. The van der Waals surface area contributed by atoms with Crippen LogP contribution in [0.15, 0.2) is 0 Å². The van der Waals surface area contributed by atoms with Crippen LogP contribution in [0.2, 0.25) is 0 Å². The number of aryl methyl sites for hydroxylation is 2. The van der Waals surface area contributed by atoms with Gasteiger partial charge in [0.25, 0.3) is 5.91 Å². The molecule has 0 aliphatic rings. The number of aromatic nitrogens is 2. The van der Waals surface area contributed by atoms with E-state index in [0.29, 0.717) is 10.6 Å². The molecular formula is C15H24N4OS. The minimum absolute atomic E-state index is 0.0707. The van der Waals surface area contributed by atoms with E-state index in [2.05, 4.69) is 31.2 Å². The van der Waals surface area contributed by atoms with E-state index in [-0.39, 0.29) is 11.4 Å². The average Bonchev–Trinajstić information content (AvgIpc) is 2.95. The highest BCUT2D eigenvalue weighted by atomic mass is 32.1. The number of thiophene rings is 1. The van der Waals surface area contributed by atoms with E-state index < -0.39 is 0 Å². The summed E-state index contributed by atoms with van der Waals surface area (Å²) in [5, 5.41) is 8.44. The largest absolute Gasteiger partial charge is 0.397 e. The first-order valence-corrected chi connectivity index (χ1v) is 8.24. The van der Waals surface area contributed by atoms with Gasteiger partial charge >= 0.3 is 0 Å². The van der Waals surface area contributed by atoms with Crippen molar-refractivity contribution in [2.45, 2.75) is 52.5 Å². The number of nitrogen functional groups attached to an aromatic ring is 1. The molecule has 6 heteroatoms. The molecule has 21 heavy (non-hydrogen) atoms. The zero-order chi connectivity index (χ0) is 15.8. The Labute approximate surface area is 129 Å². The Morgan fingerprint density at radius 3 is 2.38 bits per heavy atom. The summed E-state index contributed by atoms with van der Waals surface area (Å²) in [4.78, 5) is 14.2. The van der Waals surface area contributed by atoms with Crippen molar-refractivity contribution in [2.24, 2.45) is 7.05 Å². The fourth-order valence-corrected chi connectivity index (χ4v) is 3.89. The van der Waals surface area contributed by atoms with Gasteiger partial charge in [0.2, 0.25) is 0 Å². The number of carbonyl (C=O) groups is 1. The van der Waals surface area contributed by atoms with Gasteiger partial charge < -0.3 is 11.1 Å². The summed E-state index contributed by atoms with van der Waals surface area (Å²) in [6.07, 6.45) is 2.74. The number of hydrogen-bond acceptors (Lipinski definition) is 4. The maximum atomic E-state index is 12.6. The smallest absolute Gasteiger partial charge is 0.264 e. The Kier molecular flexibility index (Phi) is 4.27. The molecule has 0 aromatic carbocycles. The van der Waals surface area contributed by atoms with Crippen LogP contribution in [0.25, 0.3) is 10.2 Å². The molecule has 0 aliphatic carbocycles. The average molecular weight is 308 g/mol. The van der Waals surface area contributed by atoms with Gasteiger partial charge in [-0.1, -0.05) is 20.8 Å². The lowest BCUT2D eigenvalue weighted by Crippen LogP contribution is -2.47. The van der Waals surface area contributed by atoms with E-state index in [1.807, 2.05) is 14.0 Å². The molecule has 0 aliphatic heterocycles. The Balaban J connectivity index is 2.40. The van der Waals surface area contributed by atoms with Crippen molar-refractivity contribution in [3.05, 3.63) is 10.6 Å². The van der Waals surface area contributed by atoms with Crippen molar-refractivity contribution in [3.63, 3.8) is 0 Å². The van der Waals surface area contributed by atoms with Crippen LogP contribution in [0.5, 0.6) is 0 Å². The van der Waals surface area contributed by atoms with E-state index in [4.69, 9.17) is 5.73 Å². The van der Waals surface area contributed by atoms with Gasteiger partial charge in [-0.15, -0.1) is 11.3 Å². The Hall–Kier alpha value is -1.56. The molecular weight excluding hydrogens is 284 g/mol. The predicted octanol–water partition coefficient (Wildman–Crippen LogP) is 3.22. The number of hydrogen-bond donors (Lipinski definition) is 2. The predicted molar refractivity (Wildman–Crippen MR) is 88.8 cm³/mol. The van der Waals surface area contributed by atoms with E-state index in [9.17, 15) is 4.79 Å². The lowest BCUT2D eigenvalue weighted by atomic mass is 9.89. The number of carbonyl (C=O) groups excluding carboxylic acids is 1. The molecule has 0 bridgehead atoms. The third kappa shape index (κ3) is 2.52. The number of nitrogens with zero attached hydrogens (tertiary/aromatic N) is 2. The van der Waals surface area contributed by atoms with Gasteiger partial charge in [-0.3, -0.25) is 9.48 Å². The fourth-order valence-electron chi connectivity index (χ4n) is 2.81. The van der Waals surface area contributed by atoms with E-state index >= 15 is 0 Å². The molecule has 0 saturated carbocycles. The molecule has 1 amide bonds. The second-order valence-electron chi connectivity index (χ2n) is 5.53. The van der Waals surface area contributed by atoms with Crippen LogP contribution in [0.3, 0.4) is 0 Å². The number of amides is 1. The summed E-state index contributed by atoms with van der Waals surface area (Å²) in [6.45, 7) is 8.24. The summed E-state index contributed by atoms with van der Waals surface area (Å²) in [6, 6.07) is 0. The molecule has 0 spiro atoms. The zero-order valence-electron chi connectivity index (χ0n) is 13.4. The van der Waals surface area contributed by atoms with Crippen molar-refractivity contribution < 1.29 is 4.79 Å². The van der Waals surface area contributed by atoms with Gasteiger partial charge in [-0.25, -0.2) is 0 Å². The molecule has 2 heterocycles. The van der Waals surface area contributed by atoms with Gasteiger partial charge in [0.05, 0.1) is 16.8 Å². The third-order valence-corrected chi connectivity index (χ3v) is 5.77. The highest BCUT2D eigenvalue weighted by Crippen LogP contribution is 2.36. The van der Waals surface area contributed by atoms with Crippen molar-refractivity contribution in [3.8, 4) is 0 Å². The van der Waals surface area contributed by atoms with Crippen LogP contribution < -0.4 is 11.1 Å². The molecule has 2 rings (SSSR count). The van der Waals surface area contributed by atoms with Crippen molar-refractivity contribution in [1.29, 1.82) is 0 Å². The Bertz CT molecular complexity index is 659. The fraction of sp³-hybridized carbons (Fsp3) is 0.600. The number of nitrogens with two attached hydrogens (primary N) is 1. The third-order valence-electron chi connectivity index (χ3n) is 4.50. The molecule has 2 aromatic rings. The van der Waals surface area contributed by atoms with Crippen LogP contribution in [-0.2, 0) is 7.05 Å². The summed E-state index contributed by atoms with van der Waals surface area (Å²) >= 11 is 1.42. The standard InChI is InChI=1S/C15H24N4OS/c1-6-15(7-2,8-3)17-13(20)12-11(16)10-9(4)18-19(5)14(10)21-12/h6-8,16H2,1-5H3,(H,17,20). The molecule has 116 valence electrons. The minimum atomic E-state index is -0.146. The first kappa shape index (κ1) is 15.8. The first-order chi connectivity index (χ1) is 9.89. The second kappa shape index (κ2) is 5.67. The maximum Gasteiger partial charge on any atom is 0.264 e. The van der Waals surface area contributed by atoms with Gasteiger partial charge in [0.15, 0.2) is 0 Å². The van der Waals surface area contributed by atoms with Gasteiger partial charge in [-0.2, -0.15) is 5.10 Å². The molecule has 0 atom stereocenters. The van der Waals surface area contributed by atoms with Gasteiger partial charge in [-0.05, 0) is 26.2 Å². The summed E-state index contributed by atoms with van der Waals surface area (Å²) in [5.74, 6) is -0.0707.